The standard InChI is InChI=1S/C9H8O4S/c1-13-8(10)3-2-7-4-6(5-14-7)9(11)12/h2-5H,1H3,(H,11,12). The molecule has 1 aromatic heterocycles. The number of rotatable bonds is 3. The number of esters is 1. The van der Waals surface area contributed by atoms with Crippen LogP contribution in [-0.4, -0.2) is 24.2 Å². The predicted octanol–water partition coefficient (Wildman–Crippen LogP) is 1.63. The Morgan fingerprint density at radius 3 is 2.79 bits per heavy atom. The molecule has 0 atom stereocenters. The van der Waals surface area contributed by atoms with Crippen LogP contribution < -0.4 is 0 Å². The number of aromatic carboxylic acids is 1. The lowest BCUT2D eigenvalue weighted by Gasteiger charge is -1.87. The summed E-state index contributed by atoms with van der Waals surface area (Å²) in [5.74, 6) is -1.44. The van der Waals surface area contributed by atoms with E-state index in [1.54, 1.807) is 0 Å². The highest BCUT2D eigenvalue weighted by molar-refractivity contribution is 7.11. The van der Waals surface area contributed by atoms with Gasteiger partial charge in [-0.05, 0) is 12.1 Å². The third-order valence-corrected chi connectivity index (χ3v) is 2.35. The van der Waals surface area contributed by atoms with Crippen LogP contribution in [0.5, 0.6) is 0 Å². The van der Waals surface area contributed by atoms with Gasteiger partial charge >= 0.3 is 11.9 Å². The lowest BCUT2D eigenvalue weighted by Crippen LogP contribution is -1.93. The summed E-state index contributed by atoms with van der Waals surface area (Å²) in [6.45, 7) is 0. The van der Waals surface area contributed by atoms with Crippen molar-refractivity contribution in [2.75, 3.05) is 7.11 Å². The molecule has 0 amide bonds. The number of hydrogen-bond acceptors (Lipinski definition) is 4. The molecule has 0 saturated carbocycles. The summed E-state index contributed by atoms with van der Waals surface area (Å²) in [4.78, 5) is 21.9. The summed E-state index contributed by atoms with van der Waals surface area (Å²) in [6, 6.07) is 1.49. The molecule has 14 heavy (non-hydrogen) atoms. The number of hydrogen-bond donors (Lipinski definition) is 1. The maximum absolute atomic E-state index is 10.7. The van der Waals surface area contributed by atoms with Crippen LogP contribution in [0.3, 0.4) is 0 Å². The van der Waals surface area contributed by atoms with Crippen molar-refractivity contribution in [3.05, 3.63) is 28.0 Å². The van der Waals surface area contributed by atoms with Crippen molar-refractivity contribution in [2.45, 2.75) is 0 Å². The van der Waals surface area contributed by atoms with E-state index < -0.39 is 11.9 Å². The lowest BCUT2D eigenvalue weighted by atomic mass is 10.3. The van der Waals surface area contributed by atoms with Gasteiger partial charge in [0.25, 0.3) is 0 Å². The molecule has 0 aliphatic heterocycles. The van der Waals surface area contributed by atoms with E-state index in [1.165, 1.54) is 42.0 Å². The quantitative estimate of drug-likeness (QED) is 0.611. The van der Waals surface area contributed by atoms with Crippen molar-refractivity contribution in [3.63, 3.8) is 0 Å². The topological polar surface area (TPSA) is 63.6 Å². The van der Waals surface area contributed by atoms with Crippen LogP contribution in [0.25, 0.3) is 6.08 Å². The molecule has 1 N–H and O–H groups in total. The molecular weight excluding hydrogens is 204 g/mol. The highest BCUT2D eigenvalue weighted by Crippen LogP contribution is 2.16. The number of carbonyl (C=O) groups excluding carboxylic acids is 1. The molecule has 0 aromatic carbocycles. The Bertz CT molecular complexity index is 378. The molecule has 4 nitrogen and oxygen atoms in total. The molecule has 1 heterocycles. The summed E-state index contributed by atoms with van der Waals surface area (Å²) >= 11 is 1.25. The second kappa shape index (κ2) is 4.57. The van der Waals surface area contributed by atoms with Crippen molar-refractivity contribution in [1.82, 2.24) is 0 Å². The Kier molecular flexibility index (Phi) is 3.41. The molecule has 74 valence electrons. The number of carbonyl (C=O) groups is 2. The van der Waals surface area contributed by atoms with Crippen LogP contribution >= 0.6 is 11.3 Å². The van der Waals surface area contributed by atoms with Crippen LogP contribution in [0.1, 0.15) is 15.2 Å². The van der Waals surface area contributed by atoms with E-state index in [9.17, 15) is 9.59 Å². The van der Waals surface area contributed by atoms with Crippen molar-refractivity contribution in [1.29, 1.82) is 0 Å². The maximum Gasteiger partial charge on any atom is 0.336 e. The minimum atomic E-state index is -0.973. The minimum Gasteiger partial charge on any atom is -0.478 e. The maximum atomic E-state index is 10.7. The fraction of sp³-hybridized carbons (Fsp3) is 0.111. The predicted molar refractivity (Wildman–Crippen MR) is 52.3 cm³/mol. The second-order valence-corrected chi connectivity index (χ2v) is 3.34. The Balaban J connectivity index is 2.73. The van der Waals surface area contributed by atoms with Gasteiger partial charge in [0.1, 0.15) is 0 Å². The van der Waals surface area contributed by atoms with Gasteiger partial charge in [0, 0.05) is 16.3 Å². The fourth-order valence-corrected chi connectivity index (χ4v) is 1.54. The van der Waals surface area contributed by atoms with Gasteiger partial charge in [0.05, 0.1) is 12.7 Å². The zero-order valence-corrected chi connectivity index (χ0v) is 8.21. The van der Waals surface area contributed by atoms with Crippen LogP contribution in [-0.2, 0) is 9.53 Å². The monoisotopic (exact) mass is 212 g/mol. The van der Waals surface area contributed by atoms with E-state index in [1.807, 2.05) is 0 Å². The normalized spacial score (nSPS) is 10.4. The van der Waals surface area contributed by atoms with Crippen LogP contribution in [0.2, 0.25) is 0 Å². The molecule has 0 fully saturated rings. The molecule has 0 aliphatic carbocycles. The number of carboxylic acids is 1. The molecule has 0 spiro atoms. The van der Waals surface area contributed by atoms with Crippen molar-refractivity contribution >= 4 is 29.4 Å². The zero-order valence-electron chi connectivity index (χ0n) is 7.39. The lowest BCUT2D eigenvalue weighted by molar-refractivity contribution is -0.134. The molecular formula is C9H8O4S. The third kappa shape index (κ3) is 2.70. The summed E-state index contributed by atoms with van der Waals surface area (Å²) in [6.07, 6.45) is 2.76. The van der Waals surface area contributed by atoms with E-state index in [-0.39, 0.29) is 5.56 Å². The Labute approximate surface area is 84.4 Å². The molecule has 0 bridgehead atoms. The van der Waals surface area contributed by atoms with Crippen molar-refractivity contribution < 1.29 is 19.4 Å². The van der Waals surface area contributed by atoms with Gasteiger partial charge in [-0.2, -0.15) is 0 Å². The number of ether oxygens (including phenoxy) is 1. The highest BCUT2D eigenvalue weighted by atomic mass is 32.1. The average Bonchev–Trinajstić information content (AvgIpc) is 2.62. The molecule has 0 aliphatic rings. The fourth-order valence-electron chi connectivity index (χ4n) is 0.771. The Hall–Kier alpha value is -1.62. The second-order valence-electron chi connectivity index (χ2n) is 2.40. The van der Waals surface area contributed by atoms with Gasteiger partial charge in [-0.1, -0.05) is 0 Å². The van der Waals surface area contributed by atoms with Crippen LogP contribution in [0.4, 0.5) is 0 Å². The van der Waals surface area contributed by atoms with Crippen LogP contribution in [0, 0.1) is 0 Å². The van der Waals surface area contributed by atoms with Gasteiger partial charge in [0.15, 0.2) is 0 Å². The molecule has 0 unspecified atom stereocenters. The van der Waals surface area contributed by atoms with Gasteiger partial charge in [-0.15, -0.1) is 11.3 Å². The Morgan fingerprint density at radius 2 is 2.29 bits per heavy atom. The first-order valence-electron chi connectivity index (χ1n) is 3.71. The van der Waals surface area contributed by atoms with E-state index >= 15 is 0 Å². The molecule has 0 saturated heterocycles. The van der Waals surface area contributed by atoms with E-state index in [2.05, 4.69) is 4.74 Å². The summed E-state index contributed by atoms with van der Waals surface area (Å²) in [7, 11) is 1.28. The third-order valence-electron chi connectivity index (χ3n) is 1.45. The average molecular weight is 212 g/mol. The first-order valence-corrected chi connectivity index (χ1v) is 4.59. The number of thiophene rings is 1. The van der Waals surface area contributed by atoms with Gasteiger partial charge in [-0.25, -0.2) is 9.59 Å². The highest BCUT2D eigenvalue weighted by Gasteiger charge is 2.04. The number of methoxy groups -OCH3 is 1. The summed E-state index contributed by atoms with van der Waals surface area (Å²) in [5, 5.41) is 10.1. The molecule has 5 heteroatoms. The molecule has 0 radical (unpaired) electrons. The van der Waals surface area contributed by atoms with Crippen molar-refractivity contribution in [3.8, 4) is 0 Å². The van der Waals surface area contributed by atoms with E-state index in [0.717, 1.165) is 0 Å². The van der Waals surface area contributed by atoms with Gasteiger partial charge in [0.2, 0.25) is 0 Å². The Morgan fingerprint density at radius 1 is 1.57 bits per heavy atom. The van der Waals surface area contributed by atoms with E-state index in [0.29, 0.717) is 4.88 Å². The minimum absolute atomic E-state index is 0.222. The molecule has 1 aromatic rings. The van der Waals surface area contributed by atoms with Crippen LogP contribution in [0.15, 0.2) is 17.5 Å². The zero-order chi connectivity index (χ0) is 10.6. The largest absolute Gasteiger partial charge is 0.478 e. The van der Waals surface area contributed by atoms with Crippen molar-refractivity contribution in [2.24, 2.45) is 0 Å². The van der Waals surface area contributed by atoms with Gasteiger partial charge < -0.3 is 9.84 Å². The first kappa shape index (κ1) is 10.5. The number of carboxylic acid groups (broad SMARTS) is 1. The summed E-state index contributed by atoms with van der Waals surface area (Å²) in [5.41, 5.74) is 0.222. The first-order chi connectivity index (χ1) is 6.63. The summed E-state index contributed by atoms with van der Waals surface area (Å²) < 4.78 is 4.39. The SMILES string of the molecule is COC(=O)C=Cc1cc(C(=O)O)cs1. The van der Waals surface area contributed by atoms with E-state index in [4.69, 9.17) is 5.11 Å². The van der Waals surface area contributed by atoms with Gasteiger partial charge in [-0.3, -0.25) is 0 Å². The molecule has 1 rings (SSSR count). The smallest absolute Gasteiger partial charge is 0.336 e.